The number of unbranched alkanes of at least 4 members (excludes halogenated alkanes) is 1. The van der Waals surface area contributed by atoms with Gasteiger partial charge in [-0.25, -0.2) is 0 Å². The lowest BCUT2D eigenvalue weighted by atomic mass is 10.2. The van der Waals surface area contributed by atoms with Gasteiger partial charge >= 0.3 is 0 Å². The molecule has 2 N–H and O–H groups in total. The van der Waals surface area contributed by atoms with Crippen LogP contribution in [0, 0.1) is 0 Å². The molecule has 1 aromatic heterocycles. The molecule has 0 aliphatic carbocycles. The fourth-order valence-corrected chi connectivity index (χ4v) is 2.22. The molecule has 0 saturated carbocycles. The maximum absolute atomic E-state index is 5.98. The third-order valence-corrected chi connectivity index (χ3v) is 3.29. The Morgan fingerprint density at radius 2 is 2.00 bits per heavy atom. The zero-order chi connectivity index (χ0) is 13.5. The molecule has 2 rings (SSSR count). The van der Waals surface area contributed by atoms with E-state index in [2.05, 4.69) is 22.5 Å². The van der Waals surface area contributed by atoms with Gasteiger partial charge in [-0.3, -0.25) is 4.98 Å². The summed E-state index contributed by atoms with van der Waals surface area (Å²) in [6.45, 7) is 5.24. The van der Waals surface area contributed by atoms with Crippen LogP contribution in [-0.2, 0) is 0 Å². The lowest BCUT2D eigenvalue weighted by Gasteiger charge is -2.09. The molecule has 102 valence electrons. The van der Waals surface area contributed by atoms with Gasteiger partial charge in [-0.2, -0.15) is 0 Å². The molecule has 0 aliphatic heterocycles. The van der Waals surface area contributed by atoms with Crippen LogP contribution >= 0.6 is 11.6 Å². The number of hydrogen-bond acceptors (Lipinski definition) is 3. The fourth-order valence-electron chi connectivity index (χ4n) is 2.05. The van der Waals surface area contributed by atoms with Crippen LogP contribution < -0.4 is 10.6 Å². The predicted molar refractivity (Wildman–Crippen MR) is 83.0 cm³/mol. The van der Waals surface area contributed by atoms with Crippen molar-refractivity contribution in [3.63, 3.8) is 0 Å². The Bertz CT molecular complexity index is 528. The zero-order valence-corrected chi connectivity index (χ0v) is 12.0. The van der Waals surface area contributed by atoms with Crippen molar-refractivity contribution < 1.29 is 0 Å². The van der Waals surface area contributed by atoms with Crippen LogP contribution in [0.3, 0.4) is 0 Å². The van der Waals surface area contributed by atoms with Crippen LogP contribution in [0.2, 0.25) is 5.02 Å². The zero-order valence-electron chi connectivity index (χ0n) is 11.2. The van der Waals surface area contributed by atoms with E-state index in [9.17, 15) is 0 Å². The van der Waals surface area contributed by atoms with Crippen molar-refractivity contribution in [2.24, 2.45) is 0 Å². The summed E-state index contributed by atoms with van der Waals surface area (Å²) in [7, 11) is 0. The minimum Gasteiger partial charge on any atom is -0.384 e. The summed E-state index contributed by atoms with van der Waals surface area (Å²) < 4.78 is 0. The number of nitrogens with zero attached hydrogens (tertiary/aromatic N) is 1. The Labute approximate surface area is 119 Å². The molecule has 3 nitrogen and oxygen atoms in total. The average Bonchev–Trinajstić information content (AvgIpc) is 2.42. The van der Waals surface area contributed by atoms with Crippen LogP contribution in [0.1, 0.15) is 19.8 Å². The number of benzene rings is 1. The number of rotatable bonds is 7. The van der Waals surface area contributed by atoms with Crippen molar-refractivity contribution in [2.45, 2.75) is 19.8 Å². The number of nitrogens with one attached hydrogen (secondary N) is 2. The van der Waals surface area contributed by atoms with Crippen molar-refractivity contribution in [2.75, 3.05) is 25.0 Å². The Kier molecular flexibility index (Phi) is 5.43. The summed E-state index contributed by atoms with van der Waals surface area (Å²) in [5.74, 6) is 0. The summed E-state index contributed by atoms with van der Waals surface area (Å²) in [5.41, 5.74) is 2.07. The Balaban J connectivity index is 1.93. The first-order chi connectivity index (χ1) is 9.31. The normalized spacial score (nSPS) is 10.8. The van der Waals surface area contributed by atoms with Crippen molar-refractivity contribution >= 4 is 28.2 Å². The lowest BCUT2D eigenvalue weighted by molar-refractivity contribution is 0.653. The second-order valence-electron chi connectivity index (χ2n) is 4.51. The minimum absolute atomic E-state index is 0.725. The van der Waals surface area contributed by atoms with Gasteiger partial charge in [0.1, 0.15) is 0 Å². The Hall–Kier alpha value is -1.32. The van der Waals surface area contributed by atoms with E-state index in [0.29, 0.717) is 0 Å². The van der Waals surface area contributed by atoms with Crippen molar-refractivity contribution in [3.05, 3.63) is 35.5 Å². The highest BCUT2D eigenvalue weighted by Crippen LogP contribution is 2.24. The monoisotopic (exact) mass is 277 g/mol. The molecule has 19 heavy (non-hydrogen) atoms. The van der Waals surface area contributed by atoms with Gasteiger partial charge in [0.05, 0.1) is 5.52 Å². The van der Waals surface area contributed by atoms with Gasteiger partial charge in [0.25, 0.3) is 0 Å². The van der Waals surface area contributed by atoms with E-state index in [1.807, 2.05) is 30.5 Å². The van der Waals surface area contributed by atoms with E-state index in [1.54, 1.807) is 0 Å². The fraction of sp³-hybridized carbons (Fsp3) is 0.400. The van der Waals surface area contributed by atoms with E-state index >= 15 is 0 Å². The summed E-state index contributed by atoms with van der Waals surface area (Å²) in [5, 5.41) is 8.65. The molecule has 0 spiro atoms. The molecule has 0 radical (unpaired) electrons. The van der Waals surface area contributed by atoms with E-state index in [1.165, 1.54) is 6.42 Å². The van der Waals surface area contributed by atoms with E-state index in [4.69, 9.17) is 11.6 Å². The predicted octanol–water partition coefficient (Wildman–Crippen LogP) is 3.69. The first-order valence-electron chi connectivity index (χ1n) is 6.80. The smallest absolute Gasteiger partial charge is 0.0737 e. The van der Waals surface area contributed by atoms with Gasteiger partial charge in [0, 0.05) is 28.8 Å². The number of aromatic nitrogens is 1. The van der Waals surface area contributed by atoms with Gasteiger partial charge in [0.2, 0.25) is 0 Å². The van der Waals surface area contributed by atoms with Crippen LogP contribution in [0.25, 0.3) is 10.9 Å². The molecule has 0 fully saturated rings. The number of fused-ring (bicyclic) bond motifs is 1. The number of halogens is 1. The molecule has 1 heterocycles. The topological polar surface area (TPSA) is 37.0 Å². The van der Waals surface area contributed by atoms with E-state index in [-0.39, 0.29) is 0 Å². The summed E-state index contributed by atoms with van der Waals surface area (Å²) in [6, 6.07) is 7.83. The first kappa shape index (κ1) is 14.1. The molecule has 1 aromatic carbocycles. The lowest BCUT2D eigenvalue weighted by Crippen LogP contribution is -2.15. The number of anilines is 1. The van der Waals surface area contributed by atoms with Crippen molar-refractivity contribution in [1.29, 1.82) is 0 Å². The van der Waals surface area contributed by atoms with E-state index in [0.717, 1.165) is 47.7 Å². The number of hydrogen-bond donors (Lipinski definition) is 2. The molecule has 0 unspecified atom stereocenters. The second-order valence-corrected chi connectivity index (χ2v) is 4.94. The molecular formula is C15H20ClN3. The summed E-state index contributed by atoms with van der Waals surface area (Å²) >= 11 is 5.98. The largest absolute Gasteiger partial charge is 0.384 e. The minimum atomic E-state index is 0.725. The van der Waals surface area contributed by atoms with E-state index < -0.39 is 0 Å². The average molecular weight is 278 g/mol. The molecule has 4 heteroatoms. The highest BCUT2D eigenvalue weighted by atomic mass is 35.5. The maximum Gasteiger partial charge on any atom is 0.0737 e. The maximum atomic E-state index is 5.98. The Morgan fingerprint density at radius 3 is 2.84 bits per heavy atom. The number of pyridine rings is 1. The van der Waals surface area contributed by atoms with Crippen molar-refractivity contribution in [3.8, 4) is 0 Å². The highest BCUT2D eigenvalue weighted by Gasteiger charge is 2.01. The third kappa shape index (κ3) is 4.08. The van der Waals surface area contributed by atoms with Crippen molar-refractivity contribution in [1.82, 2.24) is 10.3 Å². The Morgan fingerprint density at radius 1 is 1.16 bits per heavy atom. The van der Waals surface area contributed by atoms with Crippen LogP contribution in [0.15, 0.2) is 30.5 Å². The SMILES string of the molecule is CCNCCCCNc1ccnc2cc(Cl)ccc12. The van der Waals surface area contributed by atoms with Crippen LogP contribution in [-0.4, -0.2) is 24.6 Å². The second kappa shape index (κ2) is 7.31. The quantitative estimate of drug-likeness (QED) is 0.758. The molecule has 0 aliphatic rings. The molecule has 0 bridgehead atoms. The standard InChI is InChI=1S/C15H20ClN3/c1-2-17-8-3-4-9-18-14-7-10-19-15-11-12(16)5-6-13(14)15/h5-7,10-11,17H,2-4,8-9H2,1H3,(H,18,19). The first-order valence-corrected chi connectivity index (χ1v) is 7.18. The van der Waals surface area contributed by atoms with Gasteiger partial charge in [0.15, 0.2) is 0 Å². The highest BCUT2D eigenvalue weighted by molar-refractivity contribution is 6.31. The van der Waals surface area contributed by atoms with Gasteiger partial charge in [-0.05, 0) is 50.2 Å². The summed E-state index contributed by atoms with van der Waals surface area (Å²) in [6.07, 6.45) is 4.17. The molecule has 0 amide bonds. The third-order valence-electron chi connectivity index (χ3n) is 3.05. The molecule has 0 saturated heterocycles. The van der Waals surface area contributed by atoms with Crippen LogP contribution in [0.4, 0.5) is 5.69 Å². The summed E-state index contributed by atoms with van der Waals surface area (Å²) in [4.78, 5) is 4.34. The van der Waals surface area contributed by atoms with Gasteiger partial charge < -0.3 is 10.6 Å². The van der Waals surface area contributed by atoms with Gasteiger partial charge in [-0.15, -0.1) is 0 Å². The van der Waals surface area contributed by atoms with Crippen LogP contribution in [0.5, 0.6) is 0 Å². The molecule has 2 aromatic rings. The van der Waals surface area contributed by atoms with Gasteiger partial charge in [-0.1, -0.05) is 18.5 Å². The molecule has 0 atom stereocenters. The molecular weight excluding hydrogens is 258 g/mol.